The number of anilines is 1. The molecule has 2 N–H and O–H groups in total. The summed E-state index contributed by atoms with van der Waals surface area (Å²) in [5.41, 5.74) is -0.108. The number of benzene rings is 1. The van der Waals surface area contributed by atoms with Crippen LogP contribution in [0.4, 0.5) is 23.2 Å². The second-order valence-corrected chi connectivity index (χ2v) is 5.69. The quantitative estimate of drug-likeness (QED) is 0.370. The van der Waals surface area contributed by atoms with Crippen LogP contribution >= 0.6 is 12.2 Å². The van der Waals surface area contributed by atoms with Crippen LogP contribution in [0.5, 0.6) is 0 Å². The first kappa shape index (κ1) is 18.2. The van der Waals surface area contributed by atoms with Crippen LogP contribution in [0.25, 0.3) is 0 Å². The molecule has 1 aromatic heterocycles. The van der Waals surface area contributed by atoms with Crippen molar-refractivity contribution in [2.75, 3.05) is 5.32 Å². The first-order valence-corrected chi connectivity index (χ1v) is 7.64. The second kappa shape index (κ2) is 7.61. The highest BCUT2D eigenvalue weighted by atomic mass is 32.1. The maximum atomic E-state index is 13.7. The van der Waals surface area contributed by atoms with E-state index in [4.69, 9.17) is 12.2 Å². The number of hydrogen-bond donors (Lipinski definition) is 2. The number of halogens is 4. The van der Waals surface area contributed by atoms with Crippen molar-refractivity contribution in [2.45, 2.75) is 32.9 Å². The smallest absolute Gasteiger partial charge is 0.194 e. The predicted molar refractivity (Wildman–Crippen MR) is 86.7 cm³/mol. The molecule has 0 fully saturated rings. The molecular formula is C15H16F4N4S. The van der Waals surface area contributed by atoms with E-state index in [2.05, 4.69) is 15.7 Å². The summed E-state index contributed by atoms with van der Waals surface area (Å²) in [6, 6.07) is 0.493. The zero-order chi connectivity index (χ0) is 17.9. The fourth-order valence-electron chi connectivity index (χ4n) is 1.92. The highest BCUT2D eigenvalue weighted by molar-refractivity contribution is 7.80. The summed E-state index contributed by atoms with van der Waals surface area (Å²) in [5, 5.41) is 10.2. The van der Waals surface area contributed by atoms with Crippen molar-refractivity contribution >= 4 is 23.0 Å². The summed E-state index contributed by atoms with van der Waals surface area (Å²) < 4.78 is 54.6. The first-order chi connectivity index (χ1) is 11.3. The van der Waals surface area contributed by atoms with Crippen molar-refractivity contribution in [1.82, 2.24) is 15.1 Å². The third kappa shape index (κ3) is 4.22. The molecule has 0 amide bonds. The van der Waals surface area contributed by atoms with Gasteiger partial charge in [0.25, 0.3) is 0 Å². The fourth-order valence-corrected chi connectivity index (χ4v) is 2.24. The van der Waals surface area contributed by atoms with E-state index < -0.39 is 28.8 Å². The van der Waals surface area contributed by atoms with Crippen LogP contribution in [0.1, 0.15) is 25.8 Å². The molecule has 1 aromatic carbocycles. The lowest BCUT2D eigenvalue weighted by molar-refractivity contribution is 0.420. The number of nitrogens with zero attached hydrogens (tertiary/aromatic N) is 2. The Morgan fingerprint density at radius 1 is 1.25 bits per heavy atom. The van der Waals surface area contributed by atoms with E-state index in [1.807, 2.05) is 13.8 Å². The van der Waals surface area contributed by atoms with Crippen LogP contribution < -0.4 is 10.6 Å². The highest BCUT2D eigenvalue weighted by Gasteiger charge is 2.19. The van der Waals surface area contributed by atoms with E-state index in [0.29, 0.717) is 16.9 Å². The molecule has 0 bridgehead atoms. The highest BCUT2D eigenvalue weighted by Crippen LogP contribution is 2.20. The van der Waals surface area contributed by atoms with Crippen molar-refractivity contribution in [3.05, 3.63) is 47.3 Å². The number of rotatable bonds is 5. The molecule has 0 aliphatic carbocycles. The first-order valence-electron chi connectivity index (χ1n) is 7.23. The Labute approximate surface area is 141 Å². The van der Waals surface area contributed by atoms with Crippen LogP contribution in [0.2, 0.25) is 0 Å². The van der Waals surface area contributed by atoms with Gasteiger partial charge in [-0.3, -0.25) is 4.68 Å². The molecule has 2 aromatic rings. The average molecular weight is 360 g/mol. The van der Waals surface area contributed by atoms with Gasteiger partial charge < -0.3 is 10.6 Å². The SMILES string of the molecule is CCC(C)NC(=S)Nc1cnn(Cc2c(F)cc(F)c(F)c2F)c1. The van der Waals surface area contributed by atoms with Gasteiger partial charge in [0.15, 0.2) is 22.6 Å². The number of nitrogens with one attached hydrogen (secondary N) is 2. The lowest BCUT2D eigenvalue weighted by Crippen LogP contribution is -2.35. The second-order valence-electron chi connectivity index (χ2n) is 5.28. The monoisotopic (exact) mass is 360 g/mol. The Morgan fingerprint density at radius 2 is 1.96 bits per heavy atom. The molecule has 0 aliphatic heterocycles. The third-order valence-electron chi connectivity index (χ3n) is 3.41. The van der Waals surface area contributed by atoms with Gasteiger partial charge in [-0.05, 0) is 25.6 Å². The topological polar surface area (TPSA) is 41.9 Å². The van der Waals surface area contributed by atoms with Gasteiger partial charge in [0.05, 0.1) is 18.4 Å². The van der Waals surface area contributed by atoms with Gasteiger partial charge in [-0.2, -0.15) is 5.10 Å². The Kier molecular flexibility index (Phi) is 5.76. The van der Waals surface area contributed by atoms with Crippen LogP contribution in [0.15, 0.2) is 18.5 Å². The summed E-state index contributed by atoms with van der Waals surface area (Å²) in [4.78, 5) is 0. The maximum absolute atomic E-state index is 13.7. The Balaban J connectivity index is 2.10. The van der Waals surface area contributed by atoms with E-state index in [-0.39, 0.29) is 12.6 Å². The van der Waals surface area contributed by atoms with Crippen molar-refractivity contribution in [3.63, 3.8) is 0 Å². The summed E-state index contributed by atoms with van der Waals surface area (Å²) >= 11 is 5.12. The van der Waals surface area contributed by atoms with Gasteiger partial charge >= 0.3 is 0 Å². The van der Waals surface area contributed by atoms with Gasteiger partial charge in [-0.15, -0.1) is 0 Å². The third-order valence-corrected chi connectivity index (χ3v) is 3.63. The van der Waals surface area contributed by atoms with Crippen LogP contribution in [-0.4, -0.2) is 20.9 Å². The molecule has 0 saturated carbocycles. The van der Waals surface area contributed by atoms with E-state index >= 15 is 0 Å². The largest absolute Gasteiger partial charge is 0.360 e. The molecule has 2 rings (SSSR count). The van der Waals surface area contributed by atoms with E-state index in [1.54, 1.807) is 0 Å². The molecule has 1 unspecified atom stereocenters. The Bertz CT molecular complexity index is 747. The zero-order valence-electron chi connectivity index (χ0n) is 13.0. The summed E-state index contributed by atoms with van der Waals surface area (Å²) in [7, 11) is 0. The van der Waals surface area contributed by atoms with Gasteiger partial charge in [-0.25, -0.2) is 17.6 Å². The van der Waals surface area contributed by atoms with Gasteiger partial charge in [-0.1, -0.05) is 6.92 Å². The van der Waals surface area contributed by atoms with Gasteiger partial charge in [0.1, 0.15) is 5.82 Å². The molecule has 24 heavy (non-hydrogen) atoms. The van der Waals surface area contributed by atoms with Gasteiger partial charge in [0.2, 0.25) is 0 Å². The van der Waals surface area contributed by atoms with Crippen molar-refractivity contribution in [1.29, 1.82) is 0 Å². The van der Waals surface area contributed by atoms with Crippen LogP contribution in [0, 0.1) is 23.3 Å². The summed E-state index contributed by atoms with van der Waals surface area (Å²) in [5.74, 6) is -6.02. The van der Waals surface area contributed by atoms with E-state index in [9.17, 15) is 17.6 Å². The summed E-state index contributed by atoms with van der Waals surface area (Å²) in [6.07, 6.45) is 3.74. The number of hydrogen-bond acceptors (Lipinski definition) is 2. The molecule has 130 valence electrons. The van der Waals surface area contributed by atoms with Crippen molar-refractivity contribution in [2.24, 2.45) is 0 Å². The predicted octanol–water partition coefficient (Wildman–Crippen LogP) is 3.57. The molecule has 1 heterocycles. The number of thiocarbonyl (C=S) groups is 1. The van der Waals surface area contributed by atoms with E-state index in [1.165, 1.54) is 17.1 Å². The normalized spacial score (nSPS) is 12.1. The molecular weight excluding hydrogens is 344 g/mol. The molecule has 1 atom stereocenters. The fraction of sp³-hybridized carbons (Fsp3) is 0.333. The molecule has 0 saturated heterocycles. The molecule has 9 heteroatoms. The Hall–Kier alpha value is -2.16. The molecule has 0 radical (unpaired) electrons. The minimum atomic E-state index is -1.71. The maximum Gasteiger partial charge on any atom is 0.194 e. The zero-order valence-corrected chi connectivity index (χ0v) is 13.9. The van der Waals surface area contributed by atoms with Crippen molar-refractivity contribution in [3.8, 4) is 0 Å². The lowest BCUT2D eigenvalue weighted by atomic mass is 10.2. The lowest BCUT2D eigenvalue weighted by Gasteiger charge is -2.14. The number of aromatic nitrogens is 2. The molecule has 0 spiro atoms. The molecule has 0 aliphatic rings. The Morgan fingerprint density at radius 3 is 2.62 bits per heavy atom. The standard InChI is InChI=1S/C15H16F4N4S/c1-3-8(2)21-15(24)22-9-5-20-23(6-9)7-10-11(16)4-12(17)14(19)13(10)18/h4-6,8H,3,7H2,1-2H3,(H2,21,22,24). The average Bonchev–Trinajstić information content (AvgIpc) is 2.96. The van der Waals surface area contributed by atoms with Crippen molar-refractivity contribution < 1.29 is 17.6 Å². The minimum absolute atomic E-state index is 0.186. The molecule has 4 nitrogen and oxygen atoms in total. The minimum Gasteiger partial charge on any atom is -0.360 e. The van der Waals surface area contributed by atoms with Crippen LogP contribution in [0.3, 0.4) is 0 Å². The van der Waals surface area contributed by atoms with Gasteiger partial charge in [0, 0.05) is 23.9 Å². The van der Waals surface area contributed by atoms with Crippen LogP contribution in [-0.2, 0) is 6.54 Å². The van der Waals surface area contributed by atoms with E-state index in [0.717, 1.165) is 6.42 Å². The summed E-state index contributed by atoms with van der Waals surface area (Å²) in [6.45, 7) is 3.58.